The summed E-state index contributed by atoms with van der Waals surface area (Å²) in [5.74, 6) is -0.654. The zero-order chi connectivity index (χ0) is 12.9. The highest BCUT2D eigenvalue weighted by atomic mass is 35.5. The molecule has 0 aromatic heterocycles. The van der Waals surface area contributed by atoms with Gasteiger partial charge in [-0.25, -0.2) is 0 Å². The van der Waals surface area contributed by atoms with Gasteiger partial charge in [0.25, 0.3) is 0 Å². The molecule has 0 bridgehead atoms. The molecule has 0 spiro atoms. The Bertz CT molecular complexity index is 447. The van der Waals surface area contributed by atoms with Crippen LogP contribution in [0.3, 0.4) is 0 Å². The predicted molar refractivity (Wildman–Crippen MR) is 65.2 cm³/mol. The van der Waals surface area contributed by atoms with Crippen LogP contribution in [0, 0.1) is 0 Å². The molecule has 0 heterocycles. The number of allylic oxidation sites excluding steroid dienone is 3. The topological polar surface area (TPSA) is 17.1 Å². The van der Waals surface area contributed by atoms with Crippen LogP contribution in [0.15, 0.2) is 47.5 Å². The molecule has 0 amide bonds. The monoisotopic (exact) mass is 276 g/mol. The van der Waals surface area contributed by atoms with Crippen LogP contribution in [0.1, 0.15) is 5.56 Å². The molecule has 0 aliphatic rings. The van der Waals surface area contributed by atoms with E-state index >= 15 is 0 Å². The minimum Gasteiger partial charge on any atom is -0.290 e. The maximum atomic E-state index is 12.4. The Morgan fingerprint density at radius 2 is 1.82 bits per heavy atom. The molecule has 0 saturated heterocycles. The lowest BCUT2D eigenvalue weighted by Gasteiger charge is -2.03. The lowest BCUT2D eigenvalue weighted by Crippen LogP contribution is -2.06. The largest absolute Gasteiger partial charge is 0.358 e. The van der Waals surface area contributed by atoms with Gasteiger partial charge in [0, 0.05) is 6.08 Å². The van der Waals surface area contributed by atoms with Gasteiger partial charge >= 0.3 is 5.38 Å². The second kappa shape index (κ2) is 5.94. The number of benzene rings is 1. The molecule has 90 valence electrons. The van der Waals surface area contributed by atoms with Crippen LogP contribution in [0.5, 0.6) is 0 Å². The van der Waals surface area contributed by atoms with E-state index in [0.29, 0.717) is 6.08 Å². The average molecular weight is 277 g/mol. The van der Waals surface area contributed by atoms with Crippen molar-refractivity contribution in [1.82, 2.24) is 0 Å². The van der Waals surface area contributed by atoms with E-state index in [-0.39, 0.29) is 0 Å². The van der Waals surface area contributed by atoms with Gasteiger partial charge in [-0.05, 0) is 23.2 Å². The summed E-state index contributed by atoms with van der Waals surface area (Å²) in [5, 5.41) is -4.71. The molecule has 1 aromatic carbocycles. The van der Waals surface area contributed by atoms with Crippen LogP contribution in [-0.4, -0.2) is 11.2 Å². The summed E-state index contributed by atoms with van der Waals surface area (Å²) in [6.07, 6.45) is 3.23. The van der Waals surface area contributed by atoms with Crippen molar-refractivity contribution in [2.24, 2.45) is 0 Å². The lowest BCUT2D eigenvalue weighted by molar-refractivity contribution is -0.110. The third-order valence-corrected chi connectivity index (χ3v) is 2.43. The summed E-state index contributed by atoms with van der Waals surface area (Å²) < 4.78 is 24.9. The number of alkyl halides is 3. The molecule has 0 N–H and O–H groups in total. The zero-order valence-corrected chi connectivity index (χ0v) is 10.1. The first-order valence-electron chi connectivity index (χ1n) is 4.61. The molecule has 0 atom stereocenters. The Hall–Kier alpha value is -1.19. The van der Waals surface area contributed by atoms with Crippen molar-refractivity contribution in [2.45, 2.75) is 5.38 Å². The minimum absolute atomic E-state index is 0.591. The number of hydrogen-bond acceptors (Lipinski definition) is 1. The molecule has 1 aromatic rings. The standard InChI is InChI=1S/C12H8Cl2F2O/c13-11(12(14,15)16)8-10(17)7-6-9-4-2-1-3-5-9/h1-8H/b7-6+,11-8-. The van der Waals surface area contributed by atoms with Crippen molar-refractivity contribution in [2.75, 3.05) is 0 Å². The number of rotatable bonds is 4. The van der Waals surface area contributed by atoms with E-state index in [2.05, 4.69) is 11.6 Å². The van der Waals surface area contributed by atoms with Crippen molar-refractivity contribution in [3.05, 3.63) is 53.1 Å². The molecular formula is C12H8Cl2F2O. The molecule has 0 unspecified atom stereocenters. The Morgan fingerprint density at radius 3 is 2.35 bits per heavy atom. The second-order valence-electron chi connectivity index (χ2n) is 3.14. The normalized spacial score (nSPS) is 13.1. The maximum absolute atomic E-state index is 12.4. The third kappa shape index (κ3) is 5.11. The van der Waals surface area contributed by atoms with Crippen LogP contribution in [0.2, 0.25) is 0 Å². The molecule has 1 rings (SSSR count). The van der Waals surface area contributed by atoms with Crippen molar-refractivity contribution >= 4 is 35.1 Å². The average Bonchev–Trinajstić information content (AvgIpc) is 2.26. The van der Waals surface area contributed by atoms with Crippen molar-refractivity contribution in [3.8, 4) is 0 Å². The van der Waals surface area contributed by atoms with Crippen molar-refractivity contribution < 1.29 is 13.6 Å². The van der Waals surface area contributed by atoms with Gasteiger partial charge in [-0.1, -0.05) is 48.0 Å². The molecule has 17 heavy (non-hydrogen) atoms. The van der Waals surface area contributed by atoms with E-state index in [9.17, 15) is 13.6 Å². The highest BCUT2D eigenvalue weighted by Crippen LogP contribution is 2.31. The fourth-order valence-corrected chi connectivity index (χ4v) is 1.16. The Kier molecular flexibility index (Phi) is 4.85. The van der Waals surface area contributed by atoms with Crippen LogP contribution in [-0.2, 0) is 4.79 Å². The first-order chi connectivity index (χ1) is 7.89. The predicted octanol–water partition coefficient (Wildman–Crippen LogP) is 4.22. The van der Waals surface area contributed by atoms with E-state index in [0.717, 1.165) is 11.6 Å². The van der Waals surface area contributed by atoms with E-state index < -0.39 is 16.2 Å². The Labute approximate surface area is 107 Å². The SMILES string of the molecule is O=C(/C=C(\Cl)C(F)(F)Cl)/C=C/c1ccccc1. The van der Waals surface area contributed by atoms with Gasteiger partial charge in [-0.15, -0.1) is 0 Å². The van der Waals surface area contributed by atoms with Crippen LogP contribution in [0.25, 0.3) is 6.08 Å². The smallest absolute Gasteiger partial charge is 0.290 e. The number of halogens is 4. The fourth-order valence-electron chi connectivity index (χ4n) is 0.997. The summed E-state index contributed by atoms with van der Waals surface area (Å²) in [6, 6.07) is 8.94. The van der Waals surface area contributed by atoms with Gasteiger partial charge in [-0.3, -0.25) is 4.79 Å². The van der Waals surface area contributed by atoms with Gasteiger partial charge in [0.15, 0.2) is 5.78 Å². The van der Waals surface area contributed by atoms with Gasteiger partial charge in [0.1, 0.15) is 5.03 Å². The van der Waals surface area contributed by atoms with Crippen LogP contribution < -0.4 is 0 Å². The Balaban J connectivity index is 2.72. The zero-order valence-electron chi connectivity index (χ0n) is 8.54. The molecule has 0 radical (unpaired) electrons. The summed E-state index contributed by atoms with van der Waals surface area (Å²) in [5.41, 5.74) is 0.781. The van der Waals surface area contributed by atoms with Crippen molar-refractivity contribution in [3.63, 3.8) is 0 Å². The molecule has 1 nitrogen and oxygen atoms in total. The first kappa shape index (κ1) is 13.9. The summed E-state index contributed by atoms with van der Waals surface area (Å²) in [7, 11) is 0. The highest BCUT2D eigenvalue weighted by Gasteiger charge is 2.29. The molecule has 0 saturated carbocycles. The van der Waals surface area contributed by atoms with Crippen molar-refractivity contribution in [1.29, 1.82) is 0 Å². The van der Waals surface area contributed by atoms with E-state index in [4.69, 9.17) is 11.6 Å². The van der Waals surface area contributed by atoms with Gasteiger partial charge in [0.05, 0.1) is 0 Å². The van der Waals surface area contributed by atoms with Gasteiger partial charge < -0.3 is 0 Å². The molecule has 0 aliphatic heterocycles. The highest BCUT2D eigenvalue weighted by molar-refractivity contribution is 6.39. The van der Waals surface area contributed by atoms with Gasteiger partial charge in [0.2, 0.25) is 0 Å². The lowest BCUT2D eigenvalue weighted by atomic mass is 10.2. The number of ketones is 1. The second-order valence-corrected chi connectivity index (χ2v) is 4.02. The maximum Gasteiger partial charge on any atom is 0.358 e. The molecule has 0 fully saturated rings. The molecular weight excluding hydrogens is 269 g/mol. The van der Waals surface area contributed by atoms with Gasteiger partial charge in [-0.2, -0.15) is 8.78 Å². The van der Waals surface area contributed by atoms with E-state index in [1.807, 2.05) is 6.07 Å². The van der Waals surface area contributed by atoms with E-state index in [1.165, 1.54) is 6.08 Å². The Morgan fingerprint density at radius 1 is 1.24 bits per heavy atom. The number of carbonyl (C=O) groups excluding carboxylic acids is 1. The third-order valence-electron chi connectivity index (χ3n) is 1.78. The quantitative estimate of drug-likeness (QED) is 0.594. The number of carbonyl (C=O) groups is 1. The molecule has 5 heteroatoms. The van der Waals surface area contributed by atoms with Crippen LogP contribution in [0.4, 0.5) is 8.78 Å². The summed E-state index contributed by atoms with van der Waals surface area (Å²) in [4.78, 5) is 11.2. The minimum atomic E-state index is -3.71. The first-order valence-corrected chi connectivity index (χ1v) is 5.36. The van der Waals surface area contributed by atoms with Crippen LogP contribution >= 0.6 is 23.2 Å². The number of hydrogen-bond donors (Lipinski definition) is 0. The van der Waals surface area contributed by atoms with E-state index in [1.54, 1.807) is 24.3 Å². The summed E-state index contributed by atoms with van der Waals surface area (Å²) in [6.45, 7) is 0. The summed E-state index contributed by atoms with van der Waals surface area (Å²) >= 11 is 9.79. The fraction of sp³-hybridized carbons (Fsp3) is 0.0833. The molecule has 0 aliphatic carbocycles.